The zero-order valence-corrected chi connectivity index (χ0v) is 23.5. The average molecular weight is 521 g/mol. The normalized spacial score (nSPS) is 14.5. The quantitative estimate of drug-likeness (QED) is 0.212. The minimum atomic E-state index is -0.457. The van der Waals surface area contributed by atoms with Crippen molar-refractivity contribution in [3.8, 4) is 11.1 Å². The van der Waals surface area contributed by atoms with Crippen molar-refractivity contribution in [2.45, 2.75) is 38.6 Å². The van der Waals surface area contributed by atoms with Gasteiger partial charge in [-0.1, -0.05) is 89.9 Å². The van der Waals surface area contributed by atoms with Crippen LogP contribution in [0.15, 0.2) is 118 Å². The van der Waals surface area contributed by atoms with E-state index in [1.54, 1.807) is 0 Å². The summed E-state index contributed by atoms with van der Waals surface area (Å²) in [7, 11) is 1.37. The second kappa shape index (κ2) is 12.5. The van der Waals surface area contributed by atoms with Crippen molar-refractivity contribution in [3.05, 3.63) is 120 Å². The van der Waals surface area contributed by atoms with Crippen LogP contribution in [0.1, 0.15) is 43.9 Å². The summed E-state index contributed by atoms with van der Waals surface area (Å²) >= 11 is 0. The van der Waals surface area contributed by atoms with Crippen molar-refractivity contribution in [2.75, 3.05) is 7.05 Å². The van der Waals surface area contributed by atoms with Crippen LogP contribution in [0.5, 0.6) is 0 Å². The molecule has 1 aliphatic rings. The van der Waals surface area contributed by atoms with Gasteiger partial charge in [0.1, 0.15) is 0 Å². The molecule has 0 aliphatic carbocycles. The number of hydrogen-bond acceptors (Lipinski definition) is 4. The van der Waals surface area contributed by atoms with Crippen molar-refractivity contribution in [3.63, 3.8) is 0 Å². The maximum atomic E-state index is 4.57. The molecule has 5 heteroatoms. The minimum absolute atomic E-state index is 0.457. The van der Waals surface area contributed by atoms with Gasteiger partial charge in [0.15, 0.2) is 0 Å². The van der Waals surface area contributed by atoms with Crippen molar-refractivity contribution >= 4 is 33.7 Å². The van der Waals surface area contributed by atoms with E-state index in [9.17, 15) is 0 Å². The summed E-state index contributed by atoms with van der Waals surface area (Å²) in [6.45, 7) is 11.1. The van der Waals surface area contributed by atoms with E-state index in [0.29, 0.717) is 6.54 Å². The van der Waals surface area contributed by atoms with E-state index in [2.05, 4.69) is 107 Å². The van der Waals surface area contributed by atoms with Gasteiger partial charge in [0.2, 0.25) is 0 Å². The molecule has 0 spiro atoms. The maximum Gasteiger partial charge on any atom is 0.0514 e. The minimum Gasteiger partial charge on any atom is -0.381 e. The Bertz CT molecular complexity index is 1480. The number of benzene rings is 3. The molecule has 4 nitrogen and oxygen atoms in total. The molecular weight excluding hydrogens is 484 g/mol. The van der Waals surface area contributed by atoms with Crippen LogP contribution < -0.4 is 10.0 Å². The Morgan fingerprint density at radius 1 is 0.974 bits per heavy atom. The summed E-state index contributed by atoms with van der Waals surface area (Å²) < 4.78 is 3.63. The monoisotopic (exact) mass is 520 g/mol. The van der Waals surface area contributed by atoms with Crippen LogP contribution in [0.3, 0.4) is 0 Å². The molecule has 4 rings (SSSR count). The van der Waals surface area contributed by atoms with Gasteiger partial charge in [0.25, 0.3) is 0 Å². The van der Waals surface area contributed by atoms with Gasteiger partial charge in [0, 0.05) is 48.2 Å². The Labute approximate surface area is 229 Å². The molecule has 0 fully saturated rings. The number of nitrogens with one attached hydrogen (secondary N) is 2. The molecule has 0 bridgehead atoms. The molecule has 1 heterocycles. The van der Waals surface area contributed by atoms with Crippen LogP contribution in [-0.2, 0) is 6.54 Å². The van der Waals surface area contributed by atoms with E-state index in [1.165, 1.54) is 21.6 Å². The third kappa shape index (κ3) is 6.29. The Morgan fingerprint density at radius 3 is 2.42 bits per heavy atom. The molecule has 1 atom stereocenters. The highest BCUT2D eigenvalue weighted by Crippen LogP contribution is 2.36. The van der Waals surface area contributed by atoms with E-state index in [1.807, 2.05) is 38.4 Å². The van der Waals surface area contributed by atoms with Crippen molar-refractivity contribution in [1.29, 1.82) is 0 Å². The average Bonchev–Trinajstić information content (AvgIpc) is 3.50. The van der Waals surface area contributed by atoms with E-state index in [0.717, 1.165) is 45.9 Å². The lowest BCUT2D eigenvalue weighted by atomic mass is 9.95. The molecule has 2 N–H and O–H groups in total. The van der Waals surface area contributed by atoms with Crippen LogP contribution in [0, 0.1) is 0 Å². The first kappa shape index (κ1) is 27.1. The van der Waals surface area contributed by atoms with Crippen LogP contribution in [-0.4, -0.2) is 24.3 Å². The van der Waals surface area contributed by atoms with Crippen molar-refractivity contribution < 1.29 is 0 Å². The summed E-state index contributed by atoms with van der Waals surface area (Å²) in [6.07, 6.45) is 4.84. The summed E-state index contributed by atoms with van der Waals surface area (Å²) in [5.41, 5.74) is 11.0. The van der Waals surface area contributed by atoms with Crippen LogP contribution in [0.25, 0.3) is 16.8 Å². The fraction of sp³-hybridized carbons (Fsp3) is 0.182. The lowest BCUT2D eigenvalue weighted by Crippen LogP contribution is -2.13. The van der Waals surface area contributed by atoms with Gasteiger partial charge in [-0.3, -0.25) is 9.98 Å². The highest BCUT2D eigenvalue weighted by Gasteiger charge is 2.15. The number of rotatable bonds is 10. The number of allylic oxidation sites excluding steroid dienone is 3. The Kier molecular flexibility index (Phi) is 8.93. The molecule has 0 amide bonds. The van der Waals surface area contributed by atoms with E-state index >= 15 is 0 Å². The zero-order valence-electron chi connectivity index (χ0n) is 22.7. The fourth-order valence-corrected chi connectivity index (χ4v) is 5.66. The van der Waals surface area contributed by atoms with Crippen molar-refractivity contribution in [2.24, 2.45) is 9.98 Å². The highest BCUT2D eigenvalue weighted by molar-refractivity contribution is 8.12. The smallest absolute Gasteiger partial charge is 0.0514 e. The molecule has 0 saturated carbocycles. The first-order chi connectivity index (χ1) is 18.4. The van der Waals surface area contributed by atoms with Gasteiger partial charge in [-0.25, -0.2) is 0 Å². The van der Waals surface area contributed by atoms with Crippen LogP contribution >= 0.6 is 10.7 Å². The topological polar surface area (TPSA) is 48.8 Å². The zero-order chi connectivity index (χ0) is 27.1. The predicted octanol–water partition coefficient (Wildman–Crippen LogP) is 7.77. The standard InChI is InChI=1S/C33H36N4S/c1-23(24(2)34-5)25(3)37-38(6)33-17-11-10-15-31(33)30-19-18-28(32-16-12-20-35-32)21-29(30)22-36-26(4)27-13-8-7-9-14-27/h7-15,17-21,36-37H,4,6,16,22H2,1-3,5H3/b25-23+,34-24?. The molecule has 1 unspecified atom stereocenters. The predicted molar refractivity (Wildman–Crippen MR) is 168 cm³/mol. The maximum absolute atomic E-state index is 4.57. The molecule has 0 aromatic heterocycles. The lowest BCUT2D eigenvalue weighted by Gasteiger charge is -2.20. The third-order valence-corrected chi connectivity index (χ3v) is 8.30. The Morgan fingerprint density at radius 2 is 1.71 bits per heavy atom. The highest BCUT2D eigenvalue weighted by atomic mass is 32.2. The van der Waals surface area contributed by atoms with E-state index in [-0.39, 0.29) is 0 Å². The van der Waals surface area contributed by atoms with Gasteiger partial charge in [-0.05, 0) is 66.3 Å². The van der Waals surface area contributed by atoms with Gasteiger partial charge >= 0.3 is 0 Å². The molecule has 3 aromatic rings. The second-order valence-electron chi connectivity index (χ2n) is 9.28. The van der Waals surface area contributed by atoms with Gasteiger partial charge in [-0.15, -0.1) is 0 Å². The lowest BCUT2D eigenvalue weighted by molar-refractivity contribution is 0.892. The first-order valence-electron chi connectivity index (χ1n) is 12.7. The largest absolute Gasteiger partial charge is 0.381 e. The Hall–Kier alpha value is -3.96. The van der Waals surface area contributed by atoms with Crippen molar-refractivity contribution in [1.82, 2.24) is 10.0 Å². The molecule has 0 saturated heterocycles. The molecule has 194 valence electrons. The molecule has 1 aliphatic heterocycles. The number of hydrogen-bond donors (Lipinski definition) is 2. The molecular formula is C33H36N4S. The number of aliphatic imine (C=N–C) groups is 2. The first-order valence-corrected chi connectivity index (χ1v) is 14.1. The number of nitrogens with zero attached hydrogens (tertiary/aromatic N) is 2. The summed E-state index contributed by atoms with van der Waals surface area (Å²) in [5, 5.41) is 3.56. The van der Waals surface area contributed by atoms with Gasteiger partial charge < -0.3 is 10.0 Å². The van der Waals surface area contributed by atoms with Crippen LogP contribution in [0.2, 0.25) is 0 Å². The second-order valence-corrected chi connectivity index (χ2v) is 10.7. The third-order valence-electron chi connectivity index (χ3n) is 6.86. The molecule has 0 radical (unpaired) electrons. The SMILES string of the molecule is C=C(NCc1cc(C2=NC=CC2)ccc1-c1ccccc1S(=C)N/C(C)=C(\C)C(C)=NC)c1ccccc1. The Balaban J connectivity index is 1.70. The molecule has 3 aromatic carbocycles. The fourth-order valence-electron chi connectivity index (χ4n) is 4.34. The van der Waals surface area contributed by atoms with E-state index in [4.69, 9.17) is 0 Å². The van der Waals surface area contributed by atoms with Gasteiger partial charge in [0.05, 0.1) is 5.71 Å². The van der Waals surface area contributed by atoms with Crippen LogP contribution in [0.4, 0.5) is 0 Å². The summed E-state index contributed by atoms with van der Waals surface area (Å²) in [4.78, 5) is 10.1. The molecule has 38 heavy (non-hydrogen) atoms. The summed E-state index contributed by atoms with van der Waals surface area (Å²) in [6, 6.07) is 25.4. The van der Waals surface area contributed by atoms with E-state index < -0.39 is 10.7 Å². The summed E-state index contributed by atoms with van der Waals surface area (Å²) in [5.74, 6) is 4.51. The van der Waals surface area contributed by atoms with Gasteiger partial charge in [-0.2, -0.15) is 0 Å².